The van der Waals surface area contributed by atoms with Crippen LogP contribution in [0.1, 0.15) is 46.5 Å². The van der Waals surface area contributed by atoms with E-state index in [2.05, 4.69) is 0 Å². The van der Waals surface area contributed by atoms with E-state index in [9.17, 15) is 19.2 Å². The smallest absolute Gasteiger partial charge is 0.404 e. The van der Waals surface area contributed by atoms with Crippen LogP contribution in [0.4, 0.5) is 9.59 Å². The Morgan fingerprint density at radius 3 is 1.97 bits per heavy atom. The topological polar surface area (TPSA) is 142 Å². The van der Waals surface area contributed by atoms with Crippen molar-refractivity contribution in [2.24, 2.45) is 16.9 Å². The normalized spacial score (nSPS) is 15.0. The highest BCUT2D eigenvalue weighted by Crippen LogP contribution is 2.38. The summed E-state index contributed by atoms with van der Waals surface area (Å²) in [4.78, 5) is 50.7. The summed E-state index contributed by atoms with van der Waals surface area (Å²) in [5, 5.41) is 0. The van der Waals surface area contributed by atoms with Crippen LogP contribution in [0.5, 0.6) is 0 Å². The van der Waals surface area contributed by atoms with Gasteiger partial charge in [-0.2, -0.15) is 0 Å². The van der Waals surface area contributed by atoms with Gasteiger partial charge in [-0.1, -0.05) is 56.3 Å². The van der Waals surface area contributed by atoms with E-state index in [-0.39, 0.29) is 11.1 Å². The highest BCUT2D eigenvalue weighted by Gasteiger charge is 2.50. The summed E-state index contributed by atoms with van der Waals surface area (Å²) < 4.78 is 10.2. The van der Waals surface area contributed by atoms with Crippen molar-refractivity contribution in [3.05, 3.63) is 71.3 Å². The van der Waals surface area contributed by atoms with Gasteiger partial charge in [-0.15, -0.1) is 0 Å². The van der Waals surface area contributed by atoms with E-state index in [1.54, 1.807) is 24.3 Å². The molecule has 174 valence electrons. The van der Waals surface area contributed by atoms with Crippen LogP contribution in [0.25, 0.3) is 0 Å². The van der Waals surface area contributed by atoms with Gasteiger partial charge in [0.25, 0.3) is 11.8 Å². The molecular formula is C24H27N3O6. The van der Waals surface area contributed by atoms with Crippen LogP contribution in [0, 0.1) is 5.41 Å². The number of carbonyl (C=O) groups is 4. The second-order valence-corrected chi connectivity index (χ2v) is 8.55. The monoisotopic (exact) mass is 453 g/mol. The highest BCUT2D eigenvalue weighted by molar-refractivity contribution is 6.21. The van der Waals surface area contributed by atoms with Crippen LogP contribution in [-0.2, 0) is 15.9 Å². The van der Waals surface area contributed by atoms with E-state index >= 15 is 0 Å². The first-order valence-corrected chi connectivity index (χ1v) is 10.5. The largest absolute Gasteiger partial charge is 0.446 e. The lowest BCUT2D eigenvalue weighted by atomic mass is 9.76. The van der Waals surface area contributed by atoms with Crippen molar-refractivity contribution in [3.63, 3.8) is 0 Å². The Hall–Kier alpha value is -3.88. The van der Waals surface area contributed by atoms with E-state index in [4.69, 9.17) is 20.9 Å². The Labute approximate surface area is 191 Å². The number of nitrogens with two attached hydrogens (primary N) is 2. The molecule has 1 heterocycles. The fourth-order valence-corrected chi connectivity index (χ4v) is 4.24. The molecule has 0 saturated heterocycles. The van der Waals surface area contributed by atoms with E-state index in [1.807, 2.05) is 44.2 Å². The number of amides is 4. The molecule has 0 radical (unpaired) electrons. The number of hydrogen-bond donors (Lipinski definition) is 2. The fraction of sp³-hybridized carbons (Fsp3) is 0.333. The molecule has 2 atom stereocenters. The molecule has 4 amide bonds. The number of hydrogen-bond acceptors (Lipinski definition) is 6. The summed E-state index contributed by atoms with van der Waals surface area (Å²) in [6.45, 7) is 3.24. The Morgan fingerprint density at radius 2 is 1.45 bits per heavy atom. The lowest BCUT2D eigenvalue weighted by molar-refractivity contribution is -0.0341. The zero-order chi connectivity index (χ0) is 24.2. The predicted molar refractivity (Wildman–Crippen MR) is 119 cm³/mol. The molecule has 0 bridgehead atoms. The van der Waals surface area contributed by atoms with Gasteiger partial charge in [-0.05, 0) is 36.0 Å². The number of imide groups is 1. The summed E-state index contributed by atoms with van der Waals surface area (Å²) in [5.41, 5.74) is 11.2. The molecule has 4 N–H and O–H groups in total. The van der Waals surface area contributed by atoms with Gasteiger partial charge >= 0.3 is 12.2 Å². The molecule has 3 rings (SSSR count). The van der Waals surface area contributed by atoms with Crippen molar-refractivity contribution in [1.29, 1.82) is 0 Å². The summed E-state index contributed by atoms with van der Waals surface area (Å²) in [6.07, 6.45) is -2.29. The number of aryl methyl sites for hydroxylation is 1. The number of carbonyl (C=O) groups excluding carboxylic acids is 4. The summed E-state index contributed by atoms with van der Waals surface area (Å²) in [5.74, 6) is -1.05. The Balaban J connectivity index is 2.01. The average molecular weight is 453 g/mol. The van der Waals surface area contributed by atoms with Gasteiger partial charge in [0.2, 0.25) is 0 Å². The van der Waals surface area contributed by atoms with E-state index in [0.29, 0.717) is 12.8 Å². The van der Waals surface area contributed by atoms with Crippen LogP contribution >= 0.6 is 0 Å². The lowest BCUT2D eigenvalue weighted by Gasteiger charge is -2.42. The molecule has 0 fully saturated rings. The third kappa shape index (κ3) is 5.31. The molecule has 0 aromatic heterocycles. The molecular weight excluding hydrogens is 426 g/mol. The van der Waals surface area contributed by atoms with Gasteiger partial charge in [-0.25, -0.2) is 9.59 Å². The quantitative estimate of drug-likeness (QED) is 0.559. The minimum atomic E-state index is -1.22. The maximum atomic E-state index is 13.3. The Morgan fingerprint density at radius 1 is 0.909 bits per heavy atom. The van der Waals surface area contributed by atoms with Crippen molar-refractivity contribution in [3.8, 4) is 0 Å². The molecule has 1 aliphatic rings. The highest BCUT2D eigenvalue weighted by atomic mass is 16.6. The maximum absolute atomic E-state index is 13.3. The van der Waals surface area contributed by atoms with Gasteiger partial charge in [-0.3, -0.25) is 14.5 Å². The fourth-order valence-electron chi connectivity index (χ4n) is 4.24. The Bertz CT molecular complexity index is 1020. The number of primary amides is 2. The van der Waals surface area contributed by atoms with Crippen LogP contribution in [-0.4, -0.2) is 47.7 Å². The molecule has 1 unspecified atom stereocenters. The molecule has 2 aromatic rings. The lowest BCUT2D eigenvalue weighted by Crippen LogP contribution is -2.57. The second-order valence-electron chi connectivity index (χ2n) is 8.55. The van der Waals surface area contributed by atoms with Crippen molar-refractivity contribution < 1.29 is 28.7 Å². The summed E-state index contributed by atoms with van der Waals surface area (Å²) in [7, 11) is 0. The SMILES string of the molecule is CC(C)(CCc1ccccc1)C([C@H](COC(N)=O)OC(N)=O)N1C(=O)c2ccccc2C1=O. The standard InChI is InChI=1S/C24H27N3O6/c1-24(2,13-12-15-8-4-3-5-9-15)19(18(33-23(26)31)14-32-22(25)30)27-20(28)16-10-6-7-11-17(16)21(27)29/h3-11,18-19H,12-14H2,1-2H3,(H2,25,30)(H2,26,31)/t18-,19?/m0/s1. The van der Waals surface area contributed by atoms with Crippen molar-refractivity contribution in [2.75, 3.05) is 6.61 Å². The molecule has 1 aliphatic heterocycles. The predicted octanol–water partition coefficient (Wildman–Crippen LogP) is 2.87. The number of ether oxygens (including phenoxy) is 2. The molecule has 0 spiro atoms. The first-order valence-electron chi connectivity index (χ1n) is 10.5. The summed E-state index contributed by atoms with van der Waals surface area (Å²) in [6, 6.07) is 15.2. The van der Waals surface area contributed by atoms with Gasteiger partial charge < -0.3 is 20.9 Å². The van der Waals surface area contributed by atoms with E-state index in [0.717, 1.165) is 10.5 Å². The molecule has 9 nitrogen and oxygen atoms in total. The molecule has 9 heteroatoms. The van der Waals surface area contributed by atoms with Crippen molar-refractivity contribution in [2.45, 2.75) is 38.8 Å². The van der Waals surface area contributed by atoms with Crippen LogP contribution in [0.15, 0.2) is 54.6 Å². The van der Waals surface area contributed by atoms with Crippen molar-refractivity contribution in [1.82, 2.24) is 4.90 Å². The molecule has 0 aliphatic carbocycles. The number of fused-ring (bicyclic) bond motifs is 1. The molecule has 2 aromatic carbocycles. The maximum Gasteiger partial charge on any atom is 0.404 e. The average Bonchev–Trinajstić information content (AvgIpc) is 3.02. The number of benzene rings is 2. The van der Waals surface area contributed by atoms with Gasteiger partial charge in [0, 0.05) is 0 Å². The zero-order valence-corrected chi connectivity index (χ0v) is 18.5. The van der Waals surface area contributed by atoms with Crippen LogP contribution in [0.2, 0.25) is 0 Å². The number of rotatable bonds is 9. The van der Waals surface area contributed by atoms with E-state index in [1.165, 1.54) is 0 Å². The minimum Gasteiger partial charge on any atom is -0.446 e. The van der Waals surface area contributed by atoms with Crippen LogP contribution < -0.4 is 11.5 Å². The van der Waals surface area contributed by atoms with E-state index < -0.39 is 48.2 Å². The first-order chi connectivity index (χ1) is 15.6. The number of nitrogens with zero attached hydrogens (tertiary/aromatic N) is 1. The molecule has 33 heavy (non-hydrogen) atoms. The molecule has 0 saturated carbocycles. The van der Waals surface area contributed by atoms with Crippen molar-refractivity contribution >= 4 is 24.0 Å². The minimum absolute atomic E-state index is 0.250. The van der Waals surface area contributed by atoms with Gasteiger partial charge in [0.05, 0.1) is 17.2 Å². The van der Waals surface area contributed by atoms with Crippen LogP contribution in [0.3, 0.4) is 0 Å². The zero-order valence-electron chi connectivity index (χ0n) is 18.5. The van der Waals surface area contributed by atoms with Gasteiger partial charge in [0.15, 0.2) is 6.10 Å². The Kier molecular flexibility index (Phi) is 7.01. The third-order valence-corrected chi connectivity index (χ3v) is 5.81. The first kappa shape index (κ1) is 23.8. The summed E-state index contributed by atoms with van der Waals surface area (Å²) >= 11 is 0. The second kappa shape index (κ2) is 9.72. The third-order valence-electron chi connectivity index (χ3n) is 5.81. The van der Waals surface area contributed by atoms with Gasteiger partial charge in [0.1, 0.15) is 6.61 Å².